The number of rotatable bonds is 5. The highest BCUT2D eigenvalue weighted by atomic mass is 79.9. The minimum atomic E-state index is 0.812. The molecule has 3 nitrogen and oxygen atoms in total. The Labute approximate surface area is 154 Å². The molecule has 0 aliphatic rings. The van der Waals surface area contributed by atoms with Crippen molar-refractivity contribution in [2.75, 3.05) is 5.43 Å². The standard InChI is InChI=1S/C19H18BrN3S/c1-3-17(15-10-7-11-16(20)12-15)22-23-19-21-18(13(2)24-19)14-8-5-4-6-9-14/h4-12H,3H2,1-2H3,(H,21,23)/b22-17+. The summed E-state index contributed by atoms with van der Waals surface area (Å²) < 4.78 is 1.05. The van der Waals surface area contributed by atoms with Crippen LogP contribution < -0.4 is 5.43 Å². The number of thiazole rings is 1. The summed E-state index contributed by atoms with van der Waals surface area (Å²) >= 11 is 5.13. The van der Waals surface area contributed by atoms with Crippen LogP contribution in [0.5, 0.6) is 0 Å². The summed E-state index contributed by atoms with van der Waals surface area (Å²) in [5, 5.41) is 5.38. The smallest absolute Gasteiger partial charge is 0.204 e. The molecule has 0 aliphatic carbocycles. The Morgan fingerprint density at radius 3 is 2.67 bits per heavy atom. The Bertz CT molecular complexity index is 856. The van der Waals surface area contributed by atoms with Gasteiger partial charge in [0.15, 0.2) is 0 Å². The summed E-state index contributed by atoms with van der Waals surface area (Å²) in [5.41, 5.74) is 7.38. The summed E-state index contributed by atoms with van der Waals surface area (Å²) in [6.07, 6.45) is 0.847. The van der Waals surface area contributed by atoms with Gasteiger partial charge in [0.25, 0.3) is 0 Å². The summed E-state index contributed by atoms with van der Waals surface area (Å²) in [4.78, 5) is 5.87. The number of aromatic nitrogens is 1. The van der Waals surface area contributed by atoms with Crippen molar-refractivity contribution in [3.8, 4) is 11.3 Å². The Balaban J connectivity index is 1.83. The molecule has 3 rings (SSSR count). The third-order valence-corrected chi connectivity index (χ3v) is 4.99. The first kappa shape index (κ1) is 16.9. The molecular formula is C19H18BrN3S. The predicted octanol–water partition coefficient (Wildman–Crippen LogP) is 6.11. The largest absolute Gasteiger partial charge is 0.252 e. The molecule has 1 N–H and O–H groups in total. The number of hydrazone groups is 1. The maximum atomic E-state index is 4.69. The molecule has 5 heteroatoms. The van der Waals surface area contributed by atoms with Crippen LogP contribution in [0.25, 0.3) is 11.3 Å². The van der Waals surface area contributed by atoms with E-state index in [4.69, 9.17) is 0 Å². The summed E-state index contributed by atoms with van der Waals surface area (Å²) in [5.74, 6) is 0. The molecule has 122 valence electrons. The van der Waals surface area contributed by atoms with Crippen LogP contribution in [0.15, 0.2) is 64.2 Å². The van der Waals surface area contributed by atoms with Crippen molar-refractivity contribution in [1.82, 2.24) is 4.98 Å². The third-order valence-electron chi connectivity index (χ3n) is 3.62. The second-order valence-electron chi connectivity index (χ2n) is 5.32. The molecule has 0 saturated carbocycles. The van der Waals surface area contributed by atoms with Crippen LogP contribution in [0.4, 0.5) is 5.13 Å². The molecule has 24 heavy (non-hydrogen) atoms. The number of anilines is 1. The Morgan fingerprint density at radius 2 is 1.96 bits per heavy atom. The van der Waals surface area contributed by atoms with Crippen molar-refractivity contribution < 1.29 is 0 Å². The molecule has 0 atom stereocenters. The SMILES string of the molecule is CC/C(=N\Nc1nc(-c2ccccc2)c(C)s1)c1cccc(Br)c1. The zero-order chi connectivity index (χ0) is 16.9. The molecule has 0 spiro atoms. The highest BCUT2D eigenvalue weighted by molar-refractivity contribution is 9.10. The van der Waals surface area contributed by atoms with Crippen molar-refractivity contribution in [1.29, 1.82) is 0 Å². The maximum absolute atomic E-state index is 4.69. The second kappa shape index (κ2) is 7.73. The molecule has 0 amide bonds. The molecule has 0 saturated heterocycles. The van der Waals surface area contributed by atoms with E-state index in [1.165, 1.54) is 4.88 Å². The fourth-order valence-electron chi connectivity index (χ4n) is 2.44. The van der Waals surface area contributed by atoms with Gasteiger partial charge in [-0.15, -0.1) is 11.3 Å². The molecule has 0 bridgehead atoms. The summed E-state index contributed by atoms with van der Waals surface area (Å²) in [6.45, 7) is 4.19. The van der Waals surface area contributed by atoms with E-state index < -0.39 is 0 Å². The van der Waals surface area contributed by atoms with Gasteiger partial charge in [0.1, 0.15) is 0 Å². The van der Waals surface area contributed by atoms with Crippen LogP contribution in [0.3, 0.4) is 0 Å². The highest BCUT2D eigenvalue weighted by Crippen LogP contribution is 2.30. The number of aryl methyl sites for hydroxylation is 1. The topological polar surface area (TPSA) is 37.3 Å². The fourth-order valence-corrected chi connectivity index (χ4v) is 3.62. The van der Waals surface area contributed by atoms with E-state index in [9.17, 15) is 0 Å². The third kappa shape index (κ3) is 3.91. The average Bonchev–Trinajstić information content (AvgIpc) is 2.97. The van der Waals surface area contributed by atoms with Gasteiger partial charge in [-0.1, -0.05) is 65.3 Å². The zero-order valence-electron chi connectivity index (χ0n) is 13.6. The predicted molar refractivity (Wildman–Crippen MR) is 107 cm³/mol. The normalized spacial score (nSPS) is 11.5. The Morgan fingerprint density at radius 1 is 1.17 bits per heavy atom. The van der Waals surface area contributed by atoms with Crippen molar-refractivity contribution in [3.05, 3.63) is 69.5 Å². The van der Waals surface area contributed by atoms with Crippen molar-refractivity contribution in [2.24, 2.45) is 5.10 Å². The zero-order valence-corrected chi connectivity index (χ0v) is 16.0. The average molecular weight is 400 g/mol. The van der Waals surface area contributed by atoms with Crippen LogP contribution in [-0.4, -0.2) is 10.7 Å². The number of hydrogen-bond acceptors (Lipinski definition) is 4. The first-order valence-electron chi connectivity index (χ1n) is 7.78. The quantitative estimate of drug-likeness (QED) is 0.415. The van der Waals surface area contributed by atoms with Crippen LogP contribution in [-0.2, 0) is 0 Å². The van der Waals surface area contributed by atoms with E-state index in [-0.39, 0.29) is 0 Å². The number of benzene rings is 2. The van der Waals surface area contributed by atoms with Gasteiger partial charge in [-0.2, -0.15) is 5.10 Å². The van der Waals surface area contributed by atoms with E-state index in [1.54, 1.807) is 11.3 Å². The van der Waals surface area contributed by atoms with Crippen LogP contribution in [0.2, 0.25) is 0 Å². The van der Waals surface area contributed by atoms with Gasteiger partial charge in [0.05, 0.1) is 11.4 Å². The van der Waals surface area contributed by atoms with E-state index in [2.05, 4.69) is 69.6 Å². The van der Waals surface area contributed by atoms with E-state index >= 15 is 0 Å². The summed E-state index contributed by atoms with van der Waals surface area (Å²) in [6, 6.07) is 18.4. The fraction of sp³-hybridized carbons (Fsp3) is 0.158. The molecule has 1 heterocycles. The Hall–Kier alpha value is -1.98. The molecule has 0 fully saturated rings. The van der Waals surface area contributed by atoms with Gasteiger partial charge in [-0.25, -0.2) is 4.98 Å². The highest BCUT2D eigenvalue weighted by Gasteiger charge is 2.09. The molecule has 0 unspecified atom stereocenters. The van der Waals surface area contributed by atoms with Gasteiger partial charge in [-0.3, -0.25) is 5.43 Å². The lowest BCUT2D eigenvalue weighted by atomic mass is 10.1. The Kier molecular flexibility index (Phi) is 5.43. The monoisotopic (exact) mass is 399 g/mol. The molecule has 1 aromatic heterocycles. The number of nitrogens with one attached hydrogen (secondary N) is 1. The minimum absolute atomic E-state index is 0.812. The van der Waals surface area contributed by atoms with E-state index in [0.717, 1.165) is 38.6 Å². The number of nitrogens with zero attached hydrogens (tertiary/aromatic N) is 2. The van der Waals surface area contributed by atoms with Crippen LogP contribution in [0, 0.1) is 6.92 Å². The minimum Gasteiger partial charge on any atom is -0.252 e. The van der Waals surface area contributed by atoms with Gasteiger partial charge >= 0.3 is 0 Å². The van der Waals surface area contributed by atoms with E-state index in [0.29, 0.717) is 0 Å². The molecule has 3 aromatic rings. The summed E-state index contributed by atoms with van der Waals surface area (Å²) in [7, 11) is 0. The number of hydrogen-bond donors (Lipinski definition) is 1. The van der Waals surface area contributed by atoms with Gasteiger partial charge in [-0.05, 0) is 31.0 Å². The van der Waals surface area contributed by atoms with Crippen molar-refractivity contribution in [3.63, 3.8) is 0 Å². The van der Waals surface area contributed by atoms with Gasteiger partial charge in [0.2, 0.25) is 5.13 Å². The molecular weight excluding hydrogens is 382 g/mol. The first-order chi connectivity index (χ1) is 11.7. The first-order valence-corrected chi connectivity index (χ1v) is 9.39. The lowest BCUT2D eigenvalue weighted by Crippen LogP contribution is -2.03. The van der Waals surface area contributed by atoms with Gasteiger partial charge < -0.3 is 0 Å². The molecule has 2 aromatic carbocycles. The molecule has 0 radical (unpaired) electrons. The lowest BCUT2D eigenvalue weighted by Gasteiger charge is -2.04. The second-order valence-corrected chi connectivity index (χ2v) is 7.44. The maximum Gasteiger partial charge on any atom is 0.204 e. The van der Waals surface area contributed by atoms with Crippen molar-refractivity contribution >= 4 is 38.1 Å². The number of halogens is 1. The lowest BCUT2D eigenvalue weighted by molar-refractivity contribution is 1.20. The van der Waals surface area contributed by atoms with Crippen LogP contribution in [0.1, 0.15) is 23.8 Å². The van der Waals surface area contributed by atoms with Gasteiger partial charge in [0, 0.05) is 14.9 Å². The van der Waals surface area contributed by atoms with Crippen LogP contribution >= 0.6 is 27.3 Å². The van der Waals surface area contributed by atoms with Crippen molar-refractivity contribution in [2.45, 2.75) is 20.3 Å². The molecule has 0 aliphatic heterocycles. The van der Waals surface area contributed by atoms with E-state index in [1.807, 2.05) is 30.3 Å².